The lowest BCUT2D eigenvalue weighted by Gasteiger charge is -2.14. The number of hydrogen-bond acceptors (Lipinski definition) is 6. The van der Waals surface area contributed by atoms with Crippen molar-refractivity contribution in [3.05, 3.63) is 388 Å². The molecule has 0 unspecified atom stereocenters. The molecule has 0 saturated carbocycles. The number of aromatic nitrogens is 8. The Morgan fingerprint density at radius 3 is 1.04 bits per heavy atom. The average molecular weight is 1460 g/mol. The predicted octanol–water partition coefficient (Wildman–Crippen LogP) is 27.1. The highest BCUT2D eigenvalue weighted by atomic mass is 16.3. The zero-order chi connectivity index (χ0) is 74.9. The molecule has 0 bridgehead atoms. The van der Waals surface area contributed by atoms with E-state index >= 15 is 0 Å². The smallest absolute Gasteiger partial charge is 0.235 e. The highest BCUT2D eigenvalue weighted by molar-refractivity contribution is 6.25. The summed E-state index contributed by atoms with van der Waals surface area (Å²) in [6.07, 6.45) is 0. The van der Waals surface area contributed by atoms with Gasteiger partial charge in [0, 0.05) is 98.3 Å². The van der Waals surface area contributed by atoms with Crippen LogP contribution in [-0.4, -0.2) is 38.2 Å². The van der Waals surface area contributed by atoms with Crippen molar-refractivity contribution >= 4 is 131 Å². The van der Waals surface area contributed by atoms with Gasteiger partial charge in [-0.1, -0.05) is 291 Å². The zero-order valence-corrected chi connectivity index (χ0v) is 61.3. The van der Waals surface area contributed by atoms with Crippen LogP contribution in [0, 0.1) is 0 Å². The summed E-state index contributed by atoms with van der Waals surface area (Å²) in [5.41, 5.74) is 26.0. The van der Waals surface area contributed by atoms with E-state index in [0.717, 1.165) is 183 Å². The molecule has 8 heterocycles. The summed E-state index contributed by atoms with van der Waals surface area (Å²) < 4.78 is 22.3. The van der Waals surface area contributed by atoms with E-state index in [2.05, 4.69) is 376 Å². The molecule has 0 amide bonds. The lowest BCUT2D eigenvalue weighted by atomic mass is 10.0. The maximum Gasteiger partial charge on any atom is 0.235 e. The van der Waals surface area contributed by atoms with Gasteiger partial charge in [-0.2, -0.15) is 0 Å². The lowest BCUT2D eigenvalue weighted by Crippen LogP contribution is -2.05. The van der Waals surface area contributed by atoms with Crippen LogP contribution in [0.3, 0.4) is 0 Å². The number of nitrogens with zero attached hydrogens (tertiary/aromatic N) is 8. The Hall–Kier alpha value is -15.5. The van der Waals surface area contributed by atoms with E-state index in [0.29, 0.717) is 11.9 Å². The maximum atomic E-state index is 6.60. The Kier molecular flexibility index (Phi) is 14.8. The minimum atomic E-state index is 0.589. The normalized spacial score (nSPS) is 11.9. The topological polar surface area (TPSA) is 97.6 Å². The maximum absolute atomic E-state index is 6.60. The number of rotatable bonds is 10. The molecule has 0 spiro atoms. The molecule has 0 aliphatic heterocycles. The number of hydrogen-bond donors (Lipinski definition) is 0. The third-order valence-corrected chi connectivity index (χ3v) is 22.7. The zero-order valence-electron chi connectivity index (χ0n) is 61.3. The lowest BCUT2D eigenvalue weighted by molar-refractivity contribution is 0.669. The van der Waals surface area contributed by atoms with Gasteiger partial charge in [0.2, 0.25) is 11.9 Å². The van der Waals surface area contributed by atoms with Crippen LogP contribution >= 0.6 is 0 Å². The van der Waals surface area contributed by atoms with E-state index in [1.807, 2.05) is 30.3 Å². The third-order valence-electron chi connectivity index (χ3n) is 22.7. The van der Waals surface area contributed by atoms with Crippen molar-refractivity contribution in [2.75, 3.05) is 0 Å². The second kappa shape index (κ2) is 26.1. The predicted molar refractivity (Wildman–Crippen MR) is 469 cm³/mol. The third kappa shape index (κ3) is 10.4. The quantitative estimate of drug-likeness (QED) is 0.135. The first-order valence-electron chi connectivity index (χ1n) is 38.5. The second-order valence-corrected chi connectivity index (χ2v) is 29.2. The monoisotopic (exact) mass is 1460 g/mol. The largest absolute Gasteiger partial charge is 0.456 e. The highest BCUT2D eigenvalue weighted by Crippen LogP contribution is 2.46. The summed E-state index contributed by atoms with van der Waals surface area (Å²) in [4.78, 5) is 21.9. The molecule has 532 valence electrons. The summed E-state index contributed by atoms with van der Waals surface area (Å²) in [6.45, 7) is 0. The van der Waals surface area contributed by atoms with E-state index in [4.69, 9.17) is 28.8 Å². The summed E-state index contributed by atoms with van der Waals surface area (Å²) in [7, 11) is 0. The molecule has 0 aliphatic carbocycles. The van der Waals surface area contributed by atoms with Crippen LogP contribution < -0.4 is 0 Å². The van der Waals surface area contributed by atoms with Crippen LogP contribution in [0.25, 0.3) is 222 Å². The van der Waals surface area contributed by atoms with Crippen molar-refractivity contribution in [3.63, 3.8) is 0 Å². The molecule has 10 nitrogen and oxygen atoms in total. The molecular weight excluding hydrogens is 1390 g/mol. The van der Waals surface area contributed by atoms with Gasteiger partial charge in [0.1, 0.15) is 22.3 Å². The van der Waals surface area contributed by atoms with Crippen molar-refractivity contribution in [3.8, 4) is 90.6 Å². The number of benzene rings is 16. The van der Waals surface area contributed by atoms with Gasteiger partial charge < -0.3 is 18.0 Å². The van der Waals surface area contributed by atoms with Crippen LogP contribution in [0.1, 0.15) is 0 Å². The molecule has 10 heteroatoms. The second-order valence-electron chi connectivity index (χ2n) is 29.2. The van der Waals surface area contributed by atoms with Crippen LogP contribution in [-0.2, 0) is 0 Å². The van der Waals surface area contributed by atoms with Gasteiger partial charge in [-0.25, -0.2) is 19.9 Å². The fraction of sp³-hybridized carbons (Fsp3) is 0. The molecule has 0 N–H and O–H groups in total. The number of para-hydroxylation sites is 9. The molecule has 24 aromatic rings. The van der Waals surface area contributed by atoms with Crippen molar-refractivity contribution < 1.29 is 8.83 Å². The van der Waals surface area contributed by atoms with Crippen LogP contribution in [0.2, 0.25) is 0 Å². The summed E-state index contributed by atoms with van der Waals surface area (Å²) in [6, 6.07) is 137. The summed E-state index contributed by atoms with van der Waals surface area (Å²) in [5.74, 6) is 1.19. The molecule has 0 fully saturated rings. The molecule has 8 aromatic heterocycles. The fourth-order valence-corrected chi connectivity index (χ4v) is 17.5. The first kappa shape index (κ1) is 64.5. The molecule has 0 radical (unpaired) electrons. The van der Waals surface area contributed by atoms with Gasteiger partial charge in [0.15, 0.2) is 0 Å². The Bertz CT molecular complexity index is 7970. The van der Waals surface area contributed by atoms with Gasteiger partial charge in [0.25, 0.3) is 0 Å². The standard InChI is InChI=1S/2C52H32N4O/c1-3-14-33(15-4-1)34-16-13-17-35(30-34)44-32-45(36-26-27-41-40-22-9-12-25-48(40)57-49(41)31-36)54-52(53-44)56-47-24-11-8-21-39(47)43-29-28-42-38-20-7-10-23-46(38)55(50(42)51(43)56)37-18-5-2-6-19-37;1-3-14-33(15-4-1)34-26-28-35(29-27-34)44-32-45(43-22-13-21-42-39-20-9-12-25-48(39)57-51(42)43)54-52(53-44)56-47-24-11-8-19-38(47)41-31-30-40-37-18-7-10-23-46(37)55(49(40)50(41)56)36-16-5-2-6-17-36/h2*1-32H. The van der Waals surface area contributed by atoms with E-state index in [-0.39, 0.29) is 0 Å². The Morgan fingerprint density at radius 2 is 0.509 bits per heavy atom. The minimum Gasteiger partial charge on any atom is -0.456 e. The summed E-state index contributed by atoms with van der Waals surface area (Å²) >= 11 is 0. The first-order valence-corrected chi connectivity index (χ1v) is 38.5. The summed E-state index contributed by atoms with van der Waals surface area (Å²) in [5, 5.41) is 13.6. The highest BCUT2D eigenvalue weighted by Gasteiger charge is 2.27. The van der Waals surface area contributed by atoms with Gasteiger partial charge >= 0.3 is 0 Å². The molecule has 0 aliphatic rings. The van der Waals surface area contributed by atoms with E-state index in [1.54, 1.807) is 0 Å². The van der Waals surface area contributed by atoms with Crippen LogP contribution in [0.15, 0.2) is 397 Å². The molecular formula is C104H64N8O2. The molecule has 16 aromatic carbocycles. The van der Waals surface area contributed by atoms with Crippen molar-refractivity contribution in [2.24, 2.45) is 0 Å². The van der Waals surface area contributed by atoms with Gasteiger partial charge in [0.05, 0.1) is 66.9 Å². The number of furan rings is 2. The SMILES string of the molecule is c1ccc(-c2ccc(-c3cc(-c4cccc5c4oc4ccccc45)nc(-n4c5ccccc5c5ccc6c7ccccc7n(-c7ccccc7)c6c54)n3)cc2)cc1.c1ccc(-c2cccc(-c3cc(-c4ccc5c(c4)oc4ccccc45)nc(-n4c5ccccc5c5ccc6c7ccccc7n(-c7ccccc7)c6c54)n3)c2)cc1. The van der Waals surface area contributed by atoms with Crippen LogP contribution in [0.4, 0.5) is 0 Å². The van der Waals surface area contributed by atoms with E-state index < -0.39 is 0 Å². The Labute approximate surface area is 652 Å². The van der Waals surface area contributed by atoms with Gasteiger partial charge in [-0.3, -0.25) is 9.13 Å². The van der Waals surface area contributed by atoms with Crippen molar-refractivity contribution in [1.29, 1.82) is 0 Å². The Balaban J connectivity index is 0.000000135. The Morgan fingerprint density at radius 1 is 0.184 bits per heavy atom. The molecule has 114 heavy (non-hydrogen) atoms. The van der Waals surface area contributed by atoms with Crippen molar-refractivity contribution in [1.82, 2.24) is 38.2 Å². The van der Waals surface area contributed by atoms with Crippen LogP contribution in [0.5, 0.6) is 0 Å². The molecule has 0 saturated heterocycles. The van der Waals surface area contributed by atoms with Gasteiger partial charge in [-0.05, 0) is 119 Å². The minimum absolute atomic E-state index is 0.589. The molecule has 0 atom stereocenters. The van der Waals surface area contributed by atoms with Gasteiger partial charge in [-0.15, -0.1) is 0 Å². The first-order chi connectivity index (χ1) is 56.5. The average Bonchev–Trinajstić information content (AvgIpc) is 1.55. The van der Waals surface area contributed by atoms with E-state index in [1.165, 1.54) is 27.1 Å². The van der Waals surface area contributed by atoms with E-state index in [9.17, 15) is 0 Å². The molecule has 24 rings (SSSR count). The fourth-order valence-electron chi connectivity index (χ4n) is 17.5. The number of fused-ring (bicyclic) bond motifs is 20. The van der Waals surface area contributed by atoms with Crippen molar-refractivity contribution in [2.45, 2.75) is 0 Å².